The Balaban J connectivity index is 3.67. The zero-order valence-corrected chi connectivity index (χ0v) is 12.2. The van der Waals surface area contributed by atoms with Crippen LogP contribution in [0.25, 0.3) is 0 Å². The minimum Gasteiger partial charge on any atom is -0.0820 e. The van der Waals surface area contributed by atoms with Crippen molar-refractivity contribution >= 4 is 22.6 Å². The van der Waals surface area contributed by atoms with Crippen LogP contribution < -0.4 is 0 Å². The first-order chi connectivity index (χ1) is 5.63. The Morgan fingerprint density at radius 2 is 1.46 bits per heavy atom. The molecule has 0 aromatic carbocycles. The predicted octanol–water partition coefficient (Wildman–Crippen LogP) is 5.05. The quantitative estimate of drug-likeness (QED) is 0.505. The van der Waals surface area contributed by atoms with Gasteiger partial charge in [-0.05, 0) is 23.7 Å². The van der Waals surface area contributed by atoms with Gasteiger partial charge in [-0.25, -0.2) is 0 Å². The van der Waals surface area contributed by atoms with Gasteiger partial charge in [0.25, 0.3) is 0 Å². The highest BCUT2D eigenvalue weighted by molar-refractivity contribution is 14.1. The zero-order valence-electron chi connectivity index (χ0n) is 10.1. The molecule has 0 spiro atoms. The molecule has 0 fully saturated rings. The van der Waals surface area contributed by atoms with Crippen LogP contribution in [0.1, 0.15) is 60.8 Å². The first-order valence-corrected chi connectivity index (χ1v) is 6.51. The van der Waals surface area contributed by atoms with Crippen molar-refractivity contribution in [2.75, 3.05) is 0 Å². The van der Waals surface area contributed by atoms with E-state index in [0.29, 0.717) is 10.8 Å². The number of rotatable bonds is 3. The van der Waals surface area contributed by atoms with Crippen LogP contribution in [0.2, 0.25) is 0 Å². The molecule has 1 heteroatoms. The molecule has 80 valence electrons. The van der Waals surface area contributed by atoms with E-state index in [0.717, 1.165) is 3.92 Å². The van der Waals surface area contributed by atoms with E-state index in [1.54, 1.807) is 0 Å². The molecule has 0 heterocycles. The highest BCUT2D eigenvalue weighted by Gasteiger charge is 2.21. The molecule has 0 amide bonds. The molecular weight excluding hydrogens is 271 g/mol. The van der Waals surface area contributed by atoms with Crippen molar-refractivity contribution in [2.24, 2.45) is 10.8 Å². The smallest absolute Gasteiger partial charge is 0.0158 e. The largest absolute Gasteiger partial charge is 0.0820 e. The van der Waals surface area contributed by atoms with Gasteiger partial charge in [-0.2, -0.15) is 0 Å². The third kappa shape index (κ3) is 7.77. The molecule has 0 nitrogen and oxygen atoms in total. The van der Waals surface area contributed by atoms with Crippen LogP contribution in [0.4, 0.5) is 0 Å². The van der Waals surface area contributed by atoms with E-state index >= 15 is 0 Å². The Morgan fingerprint density at radius 3 is 1.77 bits per heavy atom. The van der Waals surface area contributed by atoms with Gasteiger partial charge in [0.15, 0.2) is 0 Å². The van der Waals surface area contributed by atoms with Crippen LogP contribution in [0.5, 0.6) is 0 Å². The molecule has 0 bridgehead atoms. The third-order valence-electron chi connectivity index (χ3n) is 2.32. The van der Waals surface area contributed by atoms with Gasteiger partial charge in [-0.3, -0.25) is 0 Å². The van der Waals surface area contributed by atoms with Crippen LogP contribution in [0.3, 0.4) is 0 Å². The first-order valence-electron chi connectivity index (χ1n) is 5.27. The van der Waals surface area contributed by atoms with Crippen LogP contribution >= 0.6 is 22.6 Å². The number of hydrogen-bond acceptors (Lipinski definition) is 0. The lowest BCUT2D eigenvalue weighted by atomic mass is 9.85. The van der Waals surface area contributed by atoms with Crippen molar-refractivity contribution in [3.8, 4) is 0 Å². The summed E-state index contributed by atoms with van der Waals surface area (Å²) < 4.78 is 0.812. The highest BCUT2D eigenvalue weighted by Crippen LogP contribution is 2.32. The standard InChI is InChI=1S/C12H25I/c1-11(2,3)9-7-8-10(13)12(4,5)6/h10H,7-9H2,1-6H3. The second-order valence-electron chi connectivity index (χ2n) is 6.29. The average Bonchev–Trinajstić information content (AvgIpc) is 1.82. The molecule has 0 saturated carbocycles. The molecule has 0 aliphatic carbocycles. The summed E-state index contributed by atoms with van der Waals surface area (Å²) in [5.41, 5.74) is 0.979. The van der Waals surface area contributed by atoms with Crippen molar-refractivity contribution in [2.45, 2.75) is 64.7 Å². The first kappa shape index (κ1) is 13.7. The molecular formula is C12H25I. The third-order valence-corrected chi connectivity index (χ3v) is 4.82. The summed E-state index contributed by atoms with van der Waals surface area (Å²) in [7, 11) is 0. The summed E-state index contributed by atoms with van der Waals surface area (Å²) in [4.78, 5) is 0. The Kier molecular flexibility index (Phi) is 5.27. The fraction of sp³-hybridized carbons (Fsp3) is 1.00. The van der Waals surface area contributed by atoms with Gasteiger partial charge in [0.05, 0.1) is 0 Å². The molecule has 0 aliphatic rings. The van der Waals surface area contributed by atoms with Crippen LogP contribution in [0, 0.1) is 10.8 Å². The molecule has 0 aliphatic heterocycles. The lowest BCUT2D eigenvalue weighted by molar-refractivity contribution is 0.332. The maximum Gasteiger partial charge on any atom is 0.0158 e. The summed E-state index contributed by atoms with van der Waals surface area (Å²) in [5.74, 6) is 0. The lowest BCUT2D eigenvalue weighted by Gasteiger charge is -2.27. The van der Waals surface area contributed by atoms with Gasteiger partial charge >= 0.3 is 0 Å². The van der Waals surface area contributed by atoms with E-state index in [2.05, 4.69) is 64.1 Å². The second kappa shape index (κ2) is 4.99. The van der Waals surface area contributed by atoms with E-state index in [9.17, 15) is 0 Å². The van der Waals surface area contributed by atoms with Crippen LogP contribution in [-0.4, -0.2) is 3.92 Å². The maximum atomic E-state index is 2.60. The summed E-state index contributed by atoms with van der Waals surface area (Å²) in [6.45, 7) is 14.0. The number of halogens is 1. The molecule has 1 unspecified atom stereocenters. The van der Waals surface area contributed by atoms with Crippen LogP contribution in [0.15, 0.2) is 0 Å². The van der Waals surface area contributed by atoms with Gasteiger partial charge in [-0.1, -0.05) is 70.6 Å². The lowest BCUT2D eigenvalue weighted by Crippen LogP contribution is -2.20. The van der Waals surface area contributed by atoms with E-state index in [4.69, 9.17) is 0 Å². The minimum absolute atomic E-state index is 0.471. The molecule has 0 aromatic rings. The van der Waals surface area contributed by atoms with E-state index in [1.165, 1.54) is 19.3 Å². The summed E-state index contributed by atoms with van der Waals surface area (Å²) in [5, 5.41) is 0. The average molecular weight is 296 g/mol. The normalized spacial score (nSPS) is 15.9. The Hall–Kier alpha value is 0.730. The second-order valence-corrected chi connectivity index (χ2v) is 7.79. The SMILES string of the molecule is CC(C)(C)CCCC(I)C(C)(C)C. The van der Waals surface area contributed by atoms with Crippen molar-refractivity contribution in [3.05, 3.63) is 0 Å². The molecule has 0 radical (unpaired) electrons. The van der Waals surface area contributed by atoms with Crippen molar-refractivity contribution in [1.82, 2.24) is 0 Å². The van der Waals surface area contributed by atoms with Gasteiger partial charge in [0.2, 0.25) is 0 Å². The zero-order chi connectivity index (χ0) is 10.7. The Labute approximate surface area is 98.0 Å². The number of alkyl halides is 1. The fourth-order valence-electron chi connectivity index (χ4n) is 1.24. The highest BCUT2D eigenvalue weighted by atomic mass is 127. The monoisotopic (exact) mass is 296 g/mol. The Bertz CT molecular complexity index is 136. The van der Waals surface area contributed by atoms with Crippen LogP contribution in [-0.2, 0) is 0 Å². The minimum atomic E-state index is 0.471. The van der Waals surface area contributed by atoms with Gasteiger partial charge in [-0.15, -0.1) is 0 Å². The molecule has 0 saturated heterocycles. The molecule has 13 heavy (non-hydrogen) atoms. The van der Waals surface area contributed by atoms with Crippen molar-refractivity contribution < 1.29 is 0 Å². The molecule has 0 aromatic heterocycles. The van der Waals surface area contributed by atoms with E-state index < -0.39 is 0 Å². The van der Waals surface area contributed by atoms with Gasteiger partial charge in [0, 0.05) is 3.92 Å². The molecule has 0 rings (SSSR count). The Morgan fingerprint density at radius 1 is 1.00 bits per heavy atom. The molecule has 1 atom stereocenters. The summed E-state index contributed by atoms with van der Waals surface area (Å²) in [6.07, 6.45) is 4.08. The predicted molar refractivity (Wildman–Crippen MR) is 70.6 cm³/mol. The van der Waals surface area contributed by atoms with Gasteiger partial charge < -0.3 is 0 Å². The number of hydrogen-bond donors (Lipinski definition) is 0. The summed E-state index contributed by atoms with van der Waals surface area (Å²) >= 11 is 2.60. The maximum absolute atomic E-state index is 2.60. The van der Waals surface area contributed by atoms with Gasteiger partial charge in [0.1, 0.15) is 0 Å². The molecule has 0 N–H and O–H groups in total. The fourth-order valence-corrected chi connectivity index (χ4v) is 1.69. The van der Waals surface area contributed by atoms with Crippen molar-refractivity contribution in [3.63, 3.8) is 0 Å². The van der Waals surface area contributed by atoms with Crippen molar-refractivity contribution in [1.29, 1.82) is 0 Å². The van der Waals surface area contributed by atoms with E-state index in [1.807, 2.05) is 0 Å². The topological polar surface area (TPSA) is 0 Å². The summed E-state index contributed by atoms with van der Waals surface area (Å²) in [6, 6.07) is 0. The van der Waals surface area contributed by atoms with E-state index in [-0.39, 0.29) is 0 Å².